The average molecular weight is 431 g/mol. The van der Waals surface area contributed by atoms with Gasteiger partial charge in [0.05, 0.1) is 24.6 Å². The zero-order valence-corrected chi connectivity index (χ0v) is 18.9. The normalized spacial score (nSPS) is 15.5. The monoisotopic (exact) mass is 430 g/mol. The number of anilines is 1. The number of carbonyl (C=O) groups excluding carboxylic acids is 1. The van der Waals surface area contributed by atoms with Crippen LogP contribution in [0.1, 0.15) is 50.4 Å². The summed E-state index contributed by atoms with van der Waals surface area (Å²) in [7, 11) is 0. The molecule has 1 saturated heterocycles. The van der Waals surface area contributed by atoms with E-state index in [9.17, 15) is 4.79 Å². The van der Waals surface area contributed by atoms with E-state index >= 15 is 0 Å². The van der Waals surface area contributed by atoms with Crippen LogP contribution in [-0.4, -0.2) is 47.0 Å². The quantitative estimate of drug-likeness (QED) is 0.526. The number of nitrogens with one attached hydrogen (secondary N) is 1. The molecule has 2 heterocycles. The van der Waals surface area contributed by atoms with Gasteiger partial charge in [-0.25, -0.2) is 9.78 Å². The second-order valence-corrected chi connectivity index (χ2v) is 9.24. The highest BCUT2D eigenvalue weighted by Crippen LogP contribution is 2.19. The molecule has 1 aliphatic rings. The number of carbonyl (C=O) groups is 1. The maximum absolute atomic E-state index is 12.1. The molecule has 0 unspecified atom stereocenters. The van der Waals surface area contributed by atoms with Crippen molar-refractivity contribution < 1.29 is 14.3 Å². The van der Waals surface area contributed by atoms with Gasteiger partial charge in [-0.15, -0.1) is 11.3 Å². The van der Waals surface area contributed by atoms with Gasteiger partial charge in [-0.1, -0.05) is 24.3 Å². The number of piperidine rings is 1. The highest BCUT2D eigenvalue weighted by molar-refractivity contribution is 7.13. The Bertz CT molecular complexity index is 850. The van der Waals surface area contributed by atoms with Crippen LogP contribution < -0.4 is 5.43 Å². The SMILES string of the molecule is Cc1csc(NN=Cc2ccc(COC3CCN(C(=O)OC(C)(C)C)CC3)cc2)n1. The molecule has 0 aliphatic carbocycles. The lowest BCUT2D eigenvalue weighted by Gasteiger charge is -2.33. The summed E-state index contributed by atoms with van der Waals surface area (Å²) >= 11 is 1.53. The number of rotatable bonds is 6. The summed E-state index contributed by atoms with van der Waals surface area (Å²) in [6.07, 6.45) is 3.35. The van der Waals surface area contributed by atoms with Crippen molar-refractivity contribution in [3.05, 3.63) is 46.5 Å². The molecule has 0 atom stereocenters. The summed E-state index contributed by atoms with van der Waals surface area (Å²) < 4.78 is 11.5. The van der Waals surface area contributed by atoms with Gasteiger partial charge >= 0.3 is 6.09 Å². The van der Waals surface area contributed by atoms with Crippen molar-refractivity contribution in [3.63, 3.8) is 0 Å². The first kappa shape index (κ1) is 22.2. The third kappa shape index (κ3) is 7.11. The lowest BCUT2D eigenvalue weighted by Crippen LogP contribution is -2.43. The van der Waals surface area contributed by atoms with E-state index in [1.54, 1.807) is 11.1 Å². The number of likely N-dealkylation sites (tertiary alicyclic amines) is 1. The number of hydrogen-bond acceptors (Lipinski definition) is 7. The van der Waals surface area contributed by atoms with E-state index in [0.717, 1.165) is 34.8 Å². The number of amides is 1. The van der Waals surface area contributed by atoms with Gasteiger partial charge in [0.15, 0.2) is 0 Å². The maximum Gasteiger partial charge on any atom is 0.410 e. The molecule has 3 rings (SSSR count). The van der Waals surface area contributed by atoms with Crippen LogP contribution in [0.15, 0.2) is 34.7 Å². The molecule has 1 aliphatic heterocycles. The smallest absolute Gasteiger partial charge is 0.410 e. The Morgan fingerprint density at radius 3 is 2.60 bits per heavy atom. The fourth-order valence-electron chi connectivity index (χ4n) is 3.01. The molecular formula is C22H30N4O3S. The Morgan fingerprint density at radius 2 is 2.00 bits per heavy atom. The second kappa shape index (κ2) is 10.0. The lowest BCUT2D eigenvalue weighted by molar-refractivity contribution is -0.0170. The highest BCUT2D eigenvalue weighted by atomic mass is 32.1. The average Bonchev–Trinajstić information content (AvgIpc) is 3.11. The molecule has 8 heteroatoms. The molecule has 2 aromatic rings. The van der Waals surface area contributed by atoms with Gasteiger partial charge in [0.25, 0.3) is 0 Å². The Labute approximate surface area is 182 Å². The molecule has 0 radical (unpaired) electrons. The third-order valence-electron chi connectivity index (χ3n) is 4.55. The van der Waals surface area contributed by atoms with Crippen LogP contribution in [0.4, 0.5) is 9.93 Å². The maximum atomic E-state index is 12.1. The number of hydrogen-bond donors (Lipinski definition) is 1. The first-order chi connectivity index (χ1) is 14.3. The standard InChI is InChI=1S/C22H30N4O3S/c1-16-15-30-20(24-16)25-23-13-17-5-7-18(8-6-17)14-28-19-9-11-26(12-10-19)21(27)29-22(2,3)4/h5-8,13,15,19H,9-12,14H2,1-4H3,(H,24,25). The van der Waals surface area contributed by atoms with Crippen molar-refractivity contribution in [3.8, 4) is 0 Å². The molecular weight excluding hydrogens is 400 g/mol. The van der Waals surface area contributed by atoms with Crippen molar-refractivity contribution >= 4 is 28.8 Å². The van der Waals surface area contributed by atoms with Crippen molar-refractivity contribution in [2.24, 2.45) is 5.10 Å². The van der Waals surface area contributed by atoms with E-state index in [0.29, 0.717) is 19.7 Å². The molecule has 30 heavy (non-hydrogen) atoms. The van der Waals surface area contributed by atoms with Crippen LogP contribution in [-0.2, 0) is 16.1 Å². The lowest BCUT2D eigenvalue weighted by atomic mass is 10.1. The first-order valence-corrected chi connectivity index (χ1v) is 11.1. The van der Waals surface area contributed by atoms with E-state index in [2.05, 4.69) is 15.5 Å². The molecule has 0 bridgehead atoms. The van der Waals surface area contributed by atoms with E-state index in [-0.39, 0.29) is 12.2 Å². The highest BCUT2D eigenvalue weighted by Gasteiger charge is 2.27. The predicted octanol–water partition coefficient (Wildman–Crippen LogP) is 4.81. The van der Waals surface area contributed by atoms with E-state index in [4.69, 9.17) is 9.47 Å². The number of aryl methyl sites for hydroxylation is 1. The van der Waals surface area contributed by atoms with Crippen molar-refractivity contribution in [2.45, 2.75) is 58.8 Å². The van der Waals surface area contributed by atoms with Gasteiger partial charge in [0.2, 0.25) is 5.13 Å². The van der Waals surface area contributed by atoms with Crippen LogP contribution in [0.5, 0.6) is 0 Å². The van der Waals surface area contributed by atoms with Crippen molar-refractivity contribution in [2.75, 3.05) is 18.5 Å². The number of benzene rings is 1. The number of aromatic nitrogens is 1. The zero-order chi connectivity index (χ0) is 21.6. The van der Waals surface area contributed by atoms with Crippen molar-refractivity contribution in [1.82, 2.24) is 9.88 Å². The van der Waals surface area contributed by atoms with Crippen molar-refractivity contribution in [1.29, 1.82) is 0 Å². The minimum atomic E-state index is -0.461. The van der Waals surface area contributed by atoms with Gasteiger partial charge < -0.3 is 14.4 Å². The molecule has 0 spiro atoms. The van der Waals surface area contributed by atoms with Gasteiger partial charge in [0, 0.05) is 18.5 Å². The Balaban J connectivity index is 1.39. The van der Waals surface area contributed by atoms with Crippen LogP contribution in [0.25, 0.3) is 0 Å². The van der Waals surface area contributed by atoms with Gasteiger partial charge in [0.1, 0.15) is 5.60 Å². The molecule has 1 aromatic carbocycles. The Kier molecular flexibility index (Phi) is 7.44. The van der Waals surface area contributed by atoms with Gasteiger partial charge in [-0.05, 0) is 51.7 Å². The molecule has 7 nitrogen and oxygen atoms in total. The largest absolute Gasteiger partial charge is 0.444 e. The second-order valence-electron chi connectivity index (χ2n) is 8.38. The number of thiazole rings is 1. The summed E-state index contributed by atoms with van der Waals surface area (Å²) in [5.74, 6) is 0. The molecule has 1 N–H and O–H groups in total. The third-order valence-corrected chi connectivity index (χ3v) is 5.42. The zero-order valence-electron chi connectivity index (χ0n) is 18.1. The number of ether oxygens (including phenoxy) is 2. The van der Waals surface area contributed by atoms with Crippen LogP contribution >= 0.6 is 11.3 Å². The summed E-state index contributed by atoms with van der Waals surface area (Å²) in [5, 5.41) is 6.98. The minimum absolute atomic E-state index is 0.163. The fourth-order valence-corrected chi connectivity index (χ4v) is 3.65. The van der Waals surface area contributed by atoms with E-state index in [1.807, 2.05) is 57.3 Å². The number of nitrogens with zero attached hydrogens (tertiary/aromatic N) is 3. The minimum Gasteiger partial charge on any atom is -0.444 e. The molecule has 1 fully saturated rings. The summed E-state index contributed by atoms with van der Waals surface area (Å²) in [4.78, 5) is 18.2. The Hall–Kier alpha value is -2.45. The molecule has 162 valence electrons. The van der Waals surface area contributed by atoms with Crippen LogP contribution in [0, 0.1) is 6.92 Å². The predicted molar refractivity (Wildman–Crippen MR) is 120 cm³/mol. The first-order valence-electron chi connectivity index (χ1n) is 10.2. The fraction of sp³-hybridized carbons (Fsp3) is 0.500. The topological polar surface area (TPSA) is 76.1 Å². The van der Waals surface area contributed by atoms with Gasteiger partial charge in [-0.3, -0.25) is 5.43 Å². The van der Waals surface area contributed by atoms with Gasteiger partial charge in [-0.2, -0.15) is 5.10 Å². The molecule has 0 saturated carbocycles. The summed E-state index contributed by atoms with van der Waals surface area (Å²) in [6.45, 7) is 9.51. The van der Waals surface area contributed by atoms with E-state index in [1.165, 1.54) is 11.3 Å². The Morgan fingerprint density at radius 1 is 1.30 bits per heavy atom. The molecule has 1 amide bonds. The summed E-state index contributed by atoms with van der Waals surface area (Å²) in [6, 6.07) is 8.12. The molecule has 1 aromatic heterocycles. The number of hydrazone groups is 1. The van der Waals surface area contributed by atoms with Crippen LogP contribution in [0.2, 0.25) is 0 Å². The van der Waals surface area contributed by atoms with E-state index < -0.39 is 5.60 Å². The summed E-state index contributed by atoms with van der Waals surface area (Å²) in [5.41, 5.74) is 5.58. The van der Waals surface area contributed by atoms with Crippen LogP contribution in [0.3, 0.4) is 0 Å².